The van der Waals surface area contributed by atoms with Crippen LogP contribution in [0.3, 0.4) is 0 Å². The molecule has 1 amide bonds. The Morgan fingerprint density at radius 2 is 1.86 bits per heavy atom. The molecule has 0 bridgehead atoms. The summed E-state index contributed by atoms with van der Waals surface area (Å²) in [6, 6.07) is 14.0. The molecule has 1 N–H and O–H groups in total. The smallest absolute Gasteiger partial charge is 0.277 e. The highest BCUT2D eigenvalue weighted by Crippen LogP contribution is 2.22. The highest BCUT2D eigenvalue weighted by atomic mass is 35.5. The first-order chi connectivity index (χ1) is 10.1. The number of ether oxygens (including phenoxy) is 1. The average molecular weight is 323 g/mol. The van der Waals surface area contributed by atoms with Crippen molar-refractivity contribution in [3.8, 4) is 5.75 Å². The molecule has 21 heavy (non-hydrogen) atoms. The number of hydrogen-bond acceptors (Lipinski definition) is 3. The van der Waals surface area contributed by atoms with E-state index in [4.69, 9.17) is 27.9 Å². The Morgan fingerprint density at radius 1 is 1.14 bits per heavy atom. The monoisotopic (exact) mass is 322 g/mol. The van der Waals surface area contributed by atoms with Crippen LogP contribution in [0.25, 0.3) is 0 Å². The number of hydrazone groups is 1. The van der Waals surface area contributed by atoms with Crippen LogP contribution in [0.1, 0.15) is 5.56 Å². The van der Waals surface area contributed by atoms with E-state index in [1.54, 1.807) is 48.5 Å². The Kier molecular flexibility index (Phi) is 5.60. The fraction of sp³-hybridized carbons (Fsp3) is 0.0667. The van der Waals surface area contributed by atoms with Crippen LogP contribution in [0, 0.1) is 0 Å². The summed E-state index contributed by atoms with van der Waals surface area (Å²) in [5.74, 6) is 0.0798. The van der Waals surface area contributed by atoms with Crippen molar-refractivity contribution in [3.63, 3.8) is 0 Å². The minimum absolute atomic E-state index is 0.165. The van der Waals surface area contributed by atoms with Crippen molar-refractivity contribution >= 4 is 35.3 Å². The molecule has 2 aromatic carbocycles. The number of nitrogens with one attached hydrogen (secondary N) is 1. The number of amides is 1. The van der Waals surface area contributed by atoms with Gasteiger partial charge in [-0.15, -0.1) is 0 Å². The molecule has 0 heterocycles. The van der Waals surface area contributed by atoms with E-state index in [0.717, 1.165) is 5.56 Å². The molecule has 0 aliphatic heterocycles. The fourth-order valence-electron chi connectivity index (χ4n) is 1.47. The molecule has 0 saturated carbocycles. The van der Waals surface area contributed by atoms with Gasteiger partial charge in [-0.1, -0.05) is 47.5 Å². The Bertz CT molecular complexity index is 642. The second-order valence-corrected chi connectivity index (χ2v) is 4.91. The van der Waals surface area contributed by atoms with Gasteiger partial charge in [-0.2, -0.15) is 5.10 Å². The number of para-hydroxylation sites is 1. The molecule has 0 spiro atoms. The highest BCUT2D eigenvalue weighted by Gasteiger charge is 2.03. The number of benzene rings is 2. The zero-order chi connectivity index (χ0) is 15.1. The SMILES string of the molecule is O=C(COc1ccccc1Cl)N/N=C\c1ccc(Cl)cc1. The van der Waals surface area contributed by atoms with Crippen molar-refractivity contribution in [2.45, 2.75) is 0 Å². The topological polar surface area (TPSA) is 50.7 Å². The van der Waals surface area contributed by atoms with Gasteiger partial charge in [-0.25, -0.2) is 5.43 Å². The van der Waals surface area contributed by atoms with Crippen LogP contribution >= 0.6 is 23.2 Å². The molecule has 0 unspecified atom stereocenters. The Balaban J connectivity index is 1.80. The number of nitrogens with zero attached hydrogens (tertiary/aromatic N) is 1. The summed E-state index contributed by atoms with van der Waals surface area (Å²) >= 11 is 11.7. The molecular formula is C15H12Cl2N2O2. The predicted molar refractivity (Wildman–Crippen MR) is 84.1 cm³/mol. The van der Waals surface area contributed by atoms with Gasteiger partial charge >= 0.3 is 0 Å². The Morgan fingerprint density at radius 3 is 2.57 bits per heavy atom. The van der Waals surface area contributed by atoms with E-state index in [2.05, 4.69) is 10.5 Å². The van der Waals surface area contributed by atoms with Gasteiger partial charge < -0.3 is 4.74 Å². The molecule has 6 heteroatoms. The van der Waals surface area contributed by atoms with E-state index >= 15 is 0 Å². The highest BCUT2D eigenvalue weighted by molar-refractivity contribution is 6.32. The van der Waals surface area contributed by atoms with E-state index in [1.165, 1.54) is 6.21 Å². The fourth-order valence-corrected chi connectivity index (χ4v) is 1.78. The quantitative estimate of drug-likeness (QED) is 0.676. The molecule has 2 aromatic rings. The number of hydrogen-bond donors (Lipinski definition) is 1. The molecule has 4 nitrogen and oxygen atoms in total. The first-order valence-corrected chi connectivity index (χ1v) is 6.85. The molecule has 0 aliphatic rings. The summed E-state index contributed by atoms with van der Waals surface area (Å²) in [5, 5.41) is 4.92. The van der Waals surface area contributed by atoms with Crippen LogP contribution in [0.2, 0.25) is 10.0 Å². The summed E-state index contributed by atoms with van der Waals surface area (Å²) in [4.78, 5) is 11.6. The molecule has 108 valence electrons. The number of halogens is 2. The lowest BCUT2D eigenvalue weighted by Crippen LogP contribution is -2.24. The molecular weight excluding hydrogens is 311 g/mol. The van der Waals surface area contributed by atoms with Gasteiger partial charge in [0, 0.05) is 5.02 Å². The third-order valence-electron chi connectivity index (χ3n) is 2.47. The van der Waals surface area contributed by atoms with Crippen molar-refractivity contribution in [1.82, 2.24) is 5.43 Å². The molecule has 0 saturated heterocycles. The normalized spacial score (nSPS) is 10.6. The Hall–Kier alpha value is -2.04. The van der Waals surface area contributed by atoms with Crippen LogP contribution in [0.15, 0.2) is 53.6 Å². The van der Waals surface area contributed by atoms with Crippen molar-refractivity contribution < 1.29 is 9.53 Å². The minimum Gasteiger partial charge on any atom is -0.482 e. The third kappa shape index (κ3) is 5.10. The van der Waals surface area contributed by atoms with Crippen LogP contribution in [0.5, 0.6) is 5.75 Å². The van der Waals surface area contributed by atoms with Gasteiger partial charge in [-0.05, 0) is 29.8 Å². The molecule has 0 atom stereocenters. The molecule has 0 aliphatic carbocycles. The molecule has 0 radical (unpaired) electrons. The summed E-state index contributed by atoms with van der Waals surface area (Å²) in [7, 11) is 0. The van der Waals surface area contributed by atoms with Gasteiger partial charge in [0.15, 0.2) is 6.61 Å². The maximum atomic E-state index is 11.6. The Labute approximate surface area is 132 Å². The maximum absolute atomic E-state index is 11.6. The summed E-state index contributed by atoms with van der Waals surface area (Å²) in [6.07, 6.45) is 1.52. The van der Waals surface area contributed by atoms with Gasteiger partial charge in [-0.3, -0.25) is 4.79 Å². The van der Waals surface area contributed by atoms with Crippen LogP contribution in [-0.2, 0) is 4.79 Å². The first-order valence-electron chi connectivity index (χ1n) is 6.10. The second-order valence-electron chi connectivity index (χ2n) is 4.06. The van der Waals surface area contributed by atoms with Gasteiger partial charge in [0.25, 0.3) is 5.91 Å². The van der Waals surface area contributed by atoms with Crippen molar-refractivity contribution in [3.05, 3.63) is 64.1 Å². The van der Waals surface area contributed by atoms with Crippen molar-refractivity contribution in [1.29, 1.82) is 0 Å². The lowest BCUT2D eigenvalue weighted by Gasteiger charge is -2.06. The van der Waals surface area contributed by atoms with Crippen molar-refractivity contribution in [2.24, 2.45) is 5.10 Å². The maximum Gasteiger partial charge on any atom is 0.277 e. The largest absolute Gasteiger partial charge is 0.482 e. The van der Waals surface area contributed by atoms with E-state index < -0.39 is 0 Å². The zero-order valence-corrected chi connectivity index (χ0v) is 12.4. The van der Waals surface area contributed by atoms with E-state index in [1.807, 2.05) is 0 Å². The lowest BCUT2D eigenvalue weighted by molar-refractivity contribution is -0.123. The second kappa shape index (κ2) is 7.67. The van der Waals surface area contributed by atoms with Crippen LogP contribution in [0.4, 0.5) is 0 Å². The minimum atomic E-state index is -0.375. The van der Waals surface area contributed by atoms with Gasteiger partial charge in [0.1, 0.15) is 5.75 Å². The molecule has 2 rings (SSSR count). The number of carbonyl (C=O) groups excluding carboxylic acids is 1. The van der Waals surface area contributed by atoms with Crippen LogP contribution in [-0.4, -0.2) is 18.7 Å². The number of rotatable bonds is 5. The lowest BCUT2D eigenvalue weighted by atomic mass is 10.2. The summed E-state index contributed by atoms with van der Waals surface area (Å²) in [5.41, 5.74) is 3.19. The van der Waals surface area contributed by atoms with Crippen LogP contribution < -0.4 is 10.2 Å². The van der Waals surface area contributed by atoms with E-state index in [9.17, 15) is 4.79 Å². The summed E-state index contributed by atoms with van der Waals surface area (Å²) < 4.78 is 5.28. The van der Waals surface area contributed by atoms with Crippen molar-refractivity contribution in [2.75, 3.05) is 6.61 Å². The van der Waals surface area contributed by atoms with Gasteiger partial charge in [0.2, 0.25) is 0 Å². The standard InChI is InChI=1S/C15H12Cl2N2O2/c16-12-7-5-11(6-8-12)9-18-19-15(20)10-21-14-4-2-1-3-13(14)17/h1-9H,10H2,(H,19,20)/b18-9-. The average Bonchev–Trinajstić information content (AvgIpc) is 2.48. The third-order valence-corrected chi connectivity index (χ3v) is 3.03. The summed E-state index contributed by atoms with van der Waals surface area (Å²) in [6.45, 7) is -0.165. The van der Waals surface area contributed by atoms with E-state index in [0.29, 0.717) is 15.8 Å². The molecule has 0 aromatic heterocycles. The first kappa shape index (κ1) is 15.4. The van der Waals surface area contributed by atoms with E-state index in [-0.39, 0.29) is 12.5 Å². The number of carbonyl (C=O) groups is 1. The molecule has 0 fully saturated rings. The predicted octanol–water partition coefficient (Wildman–Crippen LogP) is 3.52. The zero-order valence-electron chi connectivity index (χ0n) is 10.9. The van der Waals surface area contributed by atoms with Gasteiger partial charge in [0.05, 0.1) is 11.2 Å².